The van der Waals surface area contributed by atoms with Crippen molar-refractivity contribution in [1.29, 1.82) is 0 Å². The molecular formula is C18H18ClFN4O3. The molecule has 2 aromatic rings. The summed E-state index contributed by atoms with van der Waals surface area (Å²) in [6, 6.07) is 5.41. The van der Waals surface area contributed by atoms with Crippen molar-refractivity contribution in [2.75, 3.05) is 17.7 Å². The monoisotopic (exact) mass is 392 g/mol. The van der Waals surface area contributed by atoms with E-state index in [1.54, 1.807) is 12.1 Å². The van der Waals surface area contributed by atoms with E-state index >= 15 is 0 Å². The lowest BCUT2D eigenvalue weighted by atomic mass is 10.1. The zero-order valence-corrected chi connectivity index (χ0v) is 14.9. The maximum atomic E-state index is 13.8. The van der Waals surface area contributed by atoms with Gasteiger partial charge in [-0.2, -0.15) is 9.97 Å². The van der Waals surface area contributed by atoms with E-state index in [0.29, 0.717) is 6.42 Å². The summed E-state index contributed by atoms with van der Waals surface area (Å²) in [5.74, 6) is 4.51. The van der Waals surface area contributed by atoms with Gasteiger partial charge >= 0.3 is 0 Å². The predicted molar refractivity (Wildman–Crippen MR) is 98.5 cm³/mol. The molecule has 7 nitrogen and oxygen atoms in total. The number of aromatic nitrogens is 2. The maximum absolute atomic E-state index is 13.8. The number of aliphatic hydroxyl groups excluding tert-OH is 3. The number of hydrogen-bond donors (Lipinski definition) is 5. The first-order valence-corrected chi connectivity index (χ1v) is 8.61. The molecule has 1 aromatic carbocycles. The van der Waals surface area contributed by atoms with E-state index in [0.717, 1.165) is 0 Å². The molecule has 0 saturated heterocycles. The number of hydrogen-bond acceptors (Lipinski definition) is 7. The summed E-state index contributed by atoms with van der Waals surface area (Å²) in [6.07, 6.45) is -1.89. The van der Waals surface area contributed by atoms with Gasteiger partial charge in [0.1, 0.15) is 23.3 Å². The van der Waals surface area contributed by atoms with Gasteiger partial charge < -0.3 is 26.4 Å². The lowest BCUT2D eigenvalue weighted by Crippen LogP contribution is -2.35. The van der Waals surface area contributed by atoms with Crippen LogP contribution < -0.4 is 11.1 Å². The predicted octanol–water partition coefficient (Wildman–Crippen LogP) is 0.766. The van der Waals surface area contributed by atoms with Crippen LogP contribution in [0.5, 0.6) is 0 Å². The molecule has 0 spiro atoms. The molecule has 27 heavy (non-hydrogen) atoms. The van der Waals surface area contributed by atoms with Crippen LogP contribution in [0.4, 0.5) is 16.2 Å². The summed E-state index contributed by atoms with van der Waals surface area (Å²) in [4.78, 5) is 7.91. The van der Waals surface area contributed by atoms with Crippen molar-refractivity contribution in [2.24, 2.45) is 5.92 Å². The second-order valence-corrected chi connectivity index (χ2v) is 6.59. The molecule has 1 aromatic heterocycles. The van der Waals surface area contributed by atoms with E-state index in [1.165, 1.54) is 12.1 Å². The maximum Gasteiger partial charge on any atom is 0.223 e. The van der Waals surface area contributed by atoms with Crippen LogP contribution in [0.25, 0.3) is 0 Å². The van der Waals surface area contributed by atoms with Gasteiger partial charge in [0.15, 0.2) is 5.15 Å². The van der Waals surface area contributed by atoms with E-state index in [2.05, 4.69) is 27.1 Å². The van der Waals surface area contributed by atoms with E-state index in [9.17, 15) is 19.7 Å². The van der Waals surface area contributed by atoms with Crippen molar-refractivity contribution in [3.8, 4) is 11.8 Å². The highest BCUT2D eigenvalue weighted by Crippen LogP contribution is 2.30. The van der Waals surface area contributed by atoms with Crippen LogP contribution >= 0.6 is 11.6 Å². The van der Waals surface area contributed by atoms with Crippen LogP contribution in [0.2, 0.25) is 5.15 Å². The van der Waals surface area contributed by atoms with Crippen molar-refractivity contribution >= 4 is 23.4 Å². The van der Waals surface area contributed by atoms with Gasteiger partial charge in [-0.15, -0.1) is 0 Å². The first-order valence-electron chi connectivity index (χ1n) is 8.23. The Morgan fingerprint density at radius 1 is 1.22 bits per heavy atom. The normalized spacial score (nSPS) is 24.3. The van der Waals surface area contributed by atoms with Gasteiger partial charge in [-0.05, 0) is 18.6 Å². The minimum absolute atomic E-state index is 0.0272. The summed E-state index contributed by atoms with van der Waals surface area (Å²) in [5.41, 5.74) is 6.00. The molecule has 9 heteroatoms. The van der Waals surface area contributed by atoms with Gasteiger partial charge in [-0.1, -0.05) is 35.6 Å². The van der Waals surface area contributed by atoms with Crippen molar-refractivity contribution in [3.05, 3.63) is 46.4 Å². The lowest BCUT2D eigenvalue weighted by Gasteiger charge is -2.19. The van der Waals surface area contributed by atoms with Gasteiger partial charge in [-0.25, -0.2) is 4.39 Å². The van der Waals surface area contributed by atoms with Crippen LogP contribution in [0.1, 0.15) is 17.5 Å². The summed E-state index contributed by atoms with van der Waals surface area (Å²) in [6.45, 7) is -0.261. The molecule has 1 aliphatic carbocycles. The SMILES string of the molecule is Nc1nc(Cl)c(C#Cc2ccccc2F)c(N[C@@H]2C[C@H](CO)[C@@H](O)[C@H]2O)n1. The van der Waals surface area contributed by atoms with Gasteiger partial charge in [0, 0.05) is 12.5 Å². The Labute approximate surface area is 160 Å². The van der Waals surface area contributed by atoms with Gasteiger partial charge in [-0.3, -0.25) is 0 Å². The molecule has 0 unspecified atom stereocenters. The molecule has 0 radical (unpaired) electrons. The number of rotatable bonds is 3. The number of halogens is 2. The van der Waals surface area contributed by atoms with Crippen molar-refractivity contribution in [3.63, 3.8) is 0 Å². The molecular weight excluding hydrogens is 375 g/mol. The van der Waals surface area contributed by atoms with Gasteiger partial charge in [0.25, 0.3) is 0 Å². The molecule has 6 N–H and O–H groups in total. The molecule has 1 saturated carbocycles. The number of nitrogens with two attached hydrogens (primary N) is 1. The fourth-order valence-corrected chi connectivity index (χ4v) is 3.20. The second-order valence-electron chi connectivity index (χ2n) is 6.24. The van der Waals surface area contributed by atoms with E-state index in [-0.39, 0.29) is 34.7 Å². The summed E-state index contributed by atoms with van der Waals surface area (Å²) in [7, 11) is 0. The van der Waals surface area contributed by atoms with E-state index in [4.69, 9.17) is 17.3 Å². The molecule has 1 aliphatic rings. The number of nitrogen functional groups attached to an aromatic ring is 1. The third-order valence-electron chi connectivity index (χ3n) is 4.44. The van der Waals surface area contributed by atoms with Crippen LogP contribution in [0.3, 0.4) is 0 Å². The number of benzene rings is 1. The Hall–Kier alpha value is -2.44. The Kier molecular flexibility index (Phi) is 5.77. The highest BCUT2D eigenvalue weighted by molar-refractivity contribution is 6.31. The first-order chi connectivity index (χ1) is 12.9. The highest BCUT2D eigenvalue weighted by atomic mass is 35.5. The zero-order valence-electron chi connectivity index (χ0n) is 14.1. The fourth-order valence-electron chi connectivity index (χ4n) is 2.98. The average molecular weight is 393 g/mol. The third-order valence-corrected chi connectivity index (χ3v) is 4.71. The zero-order chi connectivity index (χ0) is 19.6. The van der Waals surface area contributed by atoms with E-state index in [1.807, 2.05) is 0 Å². The van der Waals surface area contributed by atoms with Gasteiger partial charge in [0.2, 0.25) is 5.95 Å². The Bertz CT molecular complexity index is 902. The lowest BCUT2D eigenvalue weighted by molar-refractivity contribution is 0.00445. The van der Waals surface area contributed by atoms with Crippen LogP contribution in [0.15, 0.2) is 24.3 Å². The topological polar surface area (TPSA) is 125 Å². The standard InChI is InChI=1S/C18H18ClFN4O3/c19-16-11(6-5-9-3-1-2-4-12(9)20)17(24-18(21)23-16)22-13-7-10(8-25)14(26)15(13)27/h1-4,10,13-15,25-27H,7-8H2,(H3,21,22,23,24)/t10-,13-,14-,15+/m1/s1. The van der Waals surface area contributed by atoms with Crippen LogP contribution in [0, 0.1) is 23.6 Å². The minimum atomic E-state index is -1.12. The summed E-state index contributed by atoms with van der Waals surface area (Å²) < 4.78 is 13.8. The molecule has 0 amide bonds. The van der Waals surface area contributed by atoms with Crippen molar-refractivity contribution in [2.45, 2.75) is 24.7 Å². The highest BCUT2D eigenvalue weighted by Gasteiger charge is 2.41. The first kappa shape index (κ1) is 19.3. The van der Waals surface area contributed by atoms with Crippen LogP contribution in [-0.2, 0) is 0 Å². The molecule has 4 atom stereocenters. The Morgan fingerprint density at radius 2 is 1.96 bits per heavy atom. The average Bonchev–Trinajstić information content (AvgIpc) is 2.90. The molecule has 1 heterocycles. The van der Waals surface area contributed by atoms with Crippen molar-refractivity contribution < 1.29 is 19.7 Å². The minimum Gasteiger partial charge on any atom is -0.396 e. The largest absolute Gasteiger partial charge is 0.396 e. The molecule has 0 bridgehead atoms. The number of nitrogens with zero attached hydrogens (tertiary/aromatic N) is 2. The Balaban J connectivity index is 1.94. The smallest absolute Gasteiger partial charge is 0.223 e. The second kappa shape index (κ2) is 8.06. The number of anilines is 2. The summed E-state index contributed by atoms with van der Waals surface area (Å²) in [5, 5.41) is 32.4. The quantitative estimate of drug-likeness (QED) is 0.386. The van der Waals surface area contributed by atoms with Gasteiger partial charge in [0.05, 0.1) is 17.7 Å². The van der Waals surface area contributed by atoms with Crippen molar-refractivity contribution in [1.82, 2.24) is 9.97 Å². The third kappa shape index (κ3) is 4.12. The number of nitrogens with one attached hydrogen (secondary N) is 1. The Morgan fingerprint density at radius 3 is 2.63 bits per heavy atom. The molecule has 142 valence electrons. The molecule has 1 fully saturated rings. The fraction of sp³-hybridized carbons (Fsp3) is 0.333. The number of aliphatic hydroxyl groups is 3. The molecule has 3 rings (SSSR count). The molecule has 0 aliphatic heterocycles. The summed E-state index contributed by atoms with van der Waals surface area (Å²) >= 11 is 6.13. The van der Waals surface area contributed by atoms with Crippen LogP contribution in [-0.4, -0.2) is 50.1 Å². The van der Waals surface area contributed by atoms with E-state index < -0.39 is 30.0 Å².